The number of ether oxygens (including phenoxy) is 3. The summed E-state index contributed by atoms with van der Waals surface area (Å²) in [7, 11) is 3.22. The number of esters is 1. The van der Waals surface area contributed by atoms with Crippen LogP contribution in [-0.4, -0.2) is 37.3 Å². The number of hydrogen-bond acceptors (Lipinski definition) is 6. The second-order valence-electron chi connectivity index (χ2n) is 8.34. The van der Waals surface area contributed by atoms with Gasteiger partial charge in [-0.1, -0.05) is 22.0 Å². The van der Waals surface area contributed by atoms with E-state index in [0.717, 1.165) is 29.3 Å². The molecule has 1 aliphatic carbocycles. The summed E-state index contributed by atoms with van der Waals surface area (Å²) in [5.41, 5.74) is 0.710. The Kier molecular flexibility index (Phi) is 8.70. The molecule has 0 heterocycles. The molecule has 0 unspecified atom stereocenters. The van der Waals surface area contributed by atoms with Crippen molar-refractivity contribution in [3.8, 4) is 11.5 Å². The average molecular weight is 540 g/mol. The van der Waals surface area contributed by atoms with Crippen LogP contribution < -0.4 is 14.8 Å². The first-order valence-electron chi connectivity index (χ1n) is 11.0. The van der Waals surface area contributed by atoms with Crippen LogP contribution in [0, 0.1) is 5.82 Å². The van der Waals surface area contributed by atoms with E-state index in [0.29, 0.717) is 36.0 Å². The van der Waals surface area contributed by atoms with Crippen LogP contribution in [0.15, 0.2) is 40.9 Å². The van der Waals surface area contributed by atoms with Gasteiger partial charge in [-0.3, -0.25) is 4.79 Å². The van der Waals surface area contributed by atoms with Crippen molar-refractivity contribution in [3.05, 3.63) is 57.8 Å². The number of nitrogens with one attached hydrogen (secondary N) is 1. The Morgan fingerprint density at radius 1 is 1.21 bits per heavy atom. The molecule has 1 fully saturated rings. The predicted molar refractivity (Wildman–Crippen MR) is 134 cm³/mol. The summed E-state index contributed by atoms with van der Waals surface area (Å²) < 4.78 is 31.4. The molecular formula is C25H31BrFNO4S. The third kappa shape index (κ3) is 5.84. The summed E-state index contributed by atoms with van der Waals surface area (Å²) in [6.07, 6.45) is 2.55. The van der Waals surface area contributed by atoms with E-state index in [1.807, 2.05) is 32.0 Å². The summed E-state index contributed by atoms with van der Waals surface area (Å²) in [6, 6.07) is 10.6. The predicted octanol–water partition coefficient (Wildman–Crippen LogP) is 5.83. The molecule has 2 aromatic rings. The van der Waals surface area contributed by atoms with Gasteiger partial charge in [0.05, 0.1) is 26.4 Å². The smallest absolute Gasteiger partial charge is 0.322 e. The van der Waals surface area contributed by atoms with Gasteiger partial charge in [-0.05, 0) is 57.4 Å². The zero-order valence-electron chi connectivity index (χ0n) is 19.5. The van der Waals surface area contributed by atoms with Crippen LogP contribution in [0.25, 0.3) is 0 Å². The molecule has 1 atom stereocenters. The molecule has 3 rings (SSSR count). The van der Waals surface area contributed by atoms with Crippen LogP contribution in [-0.2, 0) is 21.6 Å². The minimum atomic E-state index is -0.751. The molecule has 0 amide bonds. The van der Waals surface area contributed by atoms with Crippen LogP contribution in [0.4, 0.5) is 4.39 Å². The van der Waals surface area contributed by atoms with Gasteiger partial charge in [0.25, 0.3) is 0 Å². The largest absolute Gasteiger partial charge is 0.497 e. The van der Waals surface area contributed by atoms with Gasteiger partial charge in [0.2, 0.25) is 0 Å². The van der Waals surface area contributed by atoms with Gasteiger partial charge in [-0.2, -0.15) is 0 Å². The summed E-state index contributed by atoms with van der Waals surface area (Å²) >= 11 is 5.03. The first-order valence-corrected chi connectivity index (χ1v) is 12.8. The quantitative estimate of drug-likeness (QED) is 0.362. The SMILES string of the molecule is CCOC(=O)C1(SC[C@](C)(NCc2ccc(OC)cc2OC)c2cc(Br)ccc2F)CCC1. The van der Waals surface area contributed by atoms with Crippen LogP contribution in [0.5, 0.6) is 11.5 Å². The van der Waals surface area contributed by atoms with Crippen molar-refractivity contribution in [1.82, 2.24) is 5.32 Å². The fraction of sp³-hybridized carbons (Fsp3) is 0.480. The number of halogens is 2. The first-order chi connectivity index (χ1) is 15.8. The molecule has 180 valence electrons. The fourth-order valence-corrected chi connectivity index (χ4v) is 5.82. The van der Waals surface area contributed by atoms with Gasteiger partial charge in [-0.15, -0.1) is 11.8 Å². The second kappa shape index (κ2) is 11.1. The Bertz CT molecular complexity index is 985. The topological polar surface area (TPSA) is 56.8 Å². The maximum atomic E-state index is 15.0. The van der Waals surface area contributed by atoms with Gasteiger partial charge in [0.15, 0.2) is 0 Å². The number of methoxy groups -OCH3 is 2. The molecule has 5 nitrogen and oxygen atoms in total. The van der Waals surface area contributed by atoms with E-state index >= 15 is 4.39 Å². The highest BCUT2D eigenvalue weighted by Gasteiger charge is 2.47. The minimum absolute atomic E-state index is 0.171. The molecule has 2 aromatic carbocycles. The summed E-state index contributed by atoms with van der Waals surface area (Å²) in [4.78, 5) is 12.7. The van der Waals surface area contributed by atoms with E-state index in [4.69, 9.17) is 14.2 Å². The van der Waals surface area contributed by atoms with E-state index in [1.165, 1.54) is 6.07 Å². The number of benzene rings is 2. The lowest BCUT2D eigenvalue weighted by molar-refractivity contribution is -0.148. The lowest BCUT2D eigenvalue weighted by Gasteiger charge is -2.42. The van der Waals surface area contributed by atoms with Gasteiger partial charge < -0.3 is 19.5 Å². The summed E-state index contributed by atoms with van der Waals surface area (Å²) in [5, 5.41) is 3.55. The van der Waals surface area contributed by atoms with Crippen LogP contribution in [0.1, 0.15) is 44.2 Å². The van der Waals surface area contributed by atoms with Crippen LogP contribution >= 0.6 is 27.7 Å². The van der Waals surface area contributed by atoms with E-state index < -0.39 is 10.3 Å². The molecule has 0 spiro atoms. The number of rotatable bonds is 11. The third-order valence-electron chi connectivity index (χ3n) is 6.13. The molecule has 0 saturated heterocycles. The zero-order valence-corrected chi connectivity index (χ0v) is 21.9. The molecule has 1 saturated carbocycles. The van der Waals surface area contributed by atoms with Crippen molar-refractivity contribution in [2.45, 2.75) is 49.9 Å². The fourth-order valence-electron chi connectivity index (χ4n) is 3.88. The van der Waals surface area contributed by atoms with Crippen molar-refractivity contribution < 1.29 is 23.4 Å². The maximum Gasteiger partial charge on any atom is 0.322 e. The Labute approximate surface area is 207 Å². The molecule has 1 aliphatic rings. The number of carbonyl (C=O) groups is 1. The average Bonchev–Trinajstić information content (AvgIpc) is 2.78. The van der Waals surface area contributed by atoms with Crippen molar-refractivity contribution >= 4 is 33.7 Å². The first kappa shape index (κ1) is 25.8. The zero-order chi connectivity index (χ0) is 24.1. The van der Waals surface area contributed by atoms with E-state index in [9.17, 15) is 4.79 Å². The summed E-state index contributed by atoms with van der Waals surface area (Å²) in [6.45, 7) is 4.59. The normalized spacial score (nSPS) is 16.4. The van der Waals surface area contributed by atoms with E-state index in [1.54, 1.807) is 38.1 Å². The van der Waals surface area contributed by atoms with Crippen molar-refractivity contribution in [1.29, 1.82) is 0 Å². The van der Waals surface area contributed by atoms with Crippen molar-refractivity contribution in [2.75, 3.05) is 26.6 Å². The Balaban J connectivity index is 1.88. The number of hydrogen-bond donors (Lipinski definition) is 1. The van der Waals surface area contributed by atoms with Gasteiger partial charge in [0.1, 0.15) is 22.1 Å². The Morgan fingerprint density at radius 3 is 2.58 bits per heavy atom. The lowest BCUT2D eigenvalue weighted by Crippen LogP contribution is -2.48. The molecule has 0 aliphatic heterocycles. The number of carbonyl (C=O) groups excluding carboxylic acids is 1. The molecule has 0 aromatic heterocycles. The minimum Gasteiger partial charge on any atom is -0.497 e. The molecule has 0 bridgehead atoms. The number of thioether (sulfide) groups is 1. The van der Waals surface area contributed by atoms with Crippen LogP contribution in [0.2, 0.25) is 0 Å². The summed E-state index contributed by atoms with van der Waals surface area (Å²) in [5.74, 6) is 1.42. The highest BCUT2D eigenvalue weighted by molar-refractivity contribution is 9.10. The molecule has 33 heavy (non-hydrogen) atoms. The van der Waals surface area contributed by atoms with Crippen molar-refractivity contribution in [3.63, 3.8) is 0 Å². The van der Waals surface area contributed by atoms with E-state index in [2.05, 4.69) is 21.2 Å². The highest BCUT2D eigenvalue weighted by Crippen LogP contribution is 2.47. The maximum absolute atomic E-state index is 15.0. The molecule has 8 heteroatoms. The molecule has 0 radical (unpaired) electrons. The Hall–Kier alpha value is -1.77. The Morgan fingerprint density at radius 2 is 1.97 bits per heavy atom. The second-order valence-corrected chi connectivity index (χ2v) is 10.6. The lowest BCUT2D eigenvalue weighted by atomic mass is 9.84. The third-order valence-corrected chi connectivity index (χ3v) is 8.47. The van der Waals surface area contributed by atoms with Gasteiger partial charge >= 0.3 is 5.97 Å². The standard InChI is InChI=1S/C25H31BrFNO4S/c1-5-32-23(29)25(11-6-12-25)33-16-24(2,20-13-18(26)8-10-21(20)27)28-15-17-7-9-19(30-3)14-22(17)31-4/h7-10,13-14,28H,5-6,11-12,15-16H2,1-4H3/t24-/m0/s1. The van der Waals surface area contributed by atoms with Gasteiger partial charge in [0, 0.05) is 34.0 Å². The highest BCUT2D eigenvalue weighted by atomic mass is 79.9. The van der Waals surface area contributed by atoms with E-state index in [-0.39, 0.29) is 11.8 Å². The van der Waals surface area contributed by atoms with Crippen LogP contribution in [0.3, 0.4) is 0 Å². The molecular weight excluding hydrogens is 509 g/mol. The van der Waals surface area contributed by atoms with Crippen molar-refractivity contribution in [2.24, 2.45) is 0 Å². The van der Waals surface area contributed by atoms with Gasteiger partial charge in [-0.25, -0.2) is 4.39 Å². The monoisotopic (exact) mass is 539 g/mol. The molecule has 1 N–H and O–H groups in total.